The molecule has 2 heterocycles. The van der Waals surface area contributed by atoms with E-state index in [1.54, 1.807) is 11.3 Å². The van der Waals surface area contributed by atoms with Gasteiger partial charge >= 0.3 is 0 Å². The molecule has 5 heteroatoms. The van der Waals surface area contributed by atoms with Crippen molar-refractivity contribution < 1.29 is 9.84 Å². The van der Waals surface area contributed by atoms with Crippen LogP contribution in [0.15, 0.2) is 15.9 Å². The van der Waals surface area contributed by atoms with E-state index in [0.29, 0.717) is 6.61 Å². The van der Waals surface area contributed by atoms with E-state index >= 15 is 0 Å². The third-order valence-corrected chi connectivity index (χ3v) is 4.92. The van der Waals surface area contributed by atoms with Crippen molar-refractivity contribution in [3.8, 4) is 0 Å². The number of ether oxygens (including phenoxy) is 1. The van der Waals surface area contributed by atoms with Gasteiger partial charge in [-0.15, -0.1) is 11.3 Å². The molecular formula is C12H18BrNO2S. The predicted molar refractivity (Wildman–Crippen MR) is 73.4 cm³/mol. The highest BCUT2D eigenvalue weighted by Crippen LogP contribution is 2.32. The second kappa shape index (κ2) is 6.29. The van der Waals surface area contributed by atoms with Gasteiger partial charge in [0.2, 0.25) is 0 Å². The molecule has 1 aliphatic heterocycles. The molecule has 1 N–H and O–H groups in total. The number of aliphatic hydroxyl groups excluding tert-OH is 1. The van der Waals surface area contributed by atoms with Gasteiger partial charge in [-0.1, -0.05) is 6.92 Å². The minimum absolute atomic E-state index is 0.106. The van der Waals surface area contributed by atoms with Crippen molar-refractivity contribution in [3.05, 3.63) is 20.8 Å². The van der Waals surface area contributed by atoms with Crippen molar-refractivity contribution in [1.82, 2.24) is 4.90 Å². The van der Waals surface area contributed by atoms with Gasteiger partial charge in [0.1, 0.15) is 12.2 Å². The fraction of sp³-hybridized carbons (Fsp3) is 0.667. The van der Waals surface area contributed by atoms with Crippen LogP contribution >= 0.6 is 27.3 Å². The maximum Gasteiger partial charge on any atom is 0.117 e. The summed E-state index contributed by atoms with van der Waals surface area (Å²) in [6, 6.07) is 1.97. The molecule has 1 aromatic rings. The summed E-state index contributed by atoms with van der Waals surface area (Å²) >= 11 is 5.03. The summed E-state index contributed by atoms with van der Waals surface area (Å²) in [6.45, 7) is 5.77. The lowest BCUT2D eigenvalue weighted by molar-refractivity contribution is -0.0889. The molecule has 0 saturated carbocycles. The van der Waals surface area contributed by atoms with Gasteiger partial charge in [-0.3, -0.25) is 4.90 Å². The van der Waals surface area contributed by atoms with Crippen molar-refractivity contribution in [1.29, 1.82) is 0 Å². The van der Waals surface area contributed by atoms with Crippen molar-refractivity contribution in [2.45, 2.75) is 25.6 Å². The predicted octanol–water partition coefficient (Wildman–Crippen LogP) is 2.65. The highest BCUT2D eigenvalue weighted by Gasteiger charge is 2.29. The third-order valence-electron chi connectivity index (χ3n) is 2.98. The smallest absolute Gasteiger partial charge is 0.117 e. The molecule has 1 fully saturated rings. The zero-order valence-corrected chi connectivity index (χ0v) is 12.3. The van der Waals surface area contributed by atoms with E-state index in [1.807, 2.05) is 11.4 Å². The molecule has 1 aliphatic rings. The molecule has 2 rings (SSSR count). The Kier molecular flexibility index (Phi) is 4.99. The Balaban J connectivity index is 1.99. The molecule has 1 saturated heterocycles. The van der Waals surface area contributed by atoms with Gasteiger partial charge in [-0.05, 0) is 40.3 Å². The summed E-state index contributed by atoms with van der Waals surface area (Å²) in [7, 11) is 0. The summed E-state index contributed by atoms with van der Waals surface area (Å²) in [5, 5.41) is 12.3. The molecule has 0 bridgehead atoms. The van der Waals surface area contributed by atoms with Crippen LogP contribution in [-0.4, -0.2) is 42.4 Å². The highest BCUT2D eigenvalue weighted by atomic mass is 79.9. The first kappa shape index (κ1) is 13.5. The Morgan fingerprint density at radius 2 is 2.53 bits per heavy atom. The molecular weight excluding hydrogens is 302 g/mol. The molecule has 0 amide bonds. The lowest BCUT2D eigenvalue weighted by atomic mass is 10.1. The lowest BCUT2D eigenvalue weighted by Crippen LogP contribution is -2.45. The van der Waals surface area contributed by atoms with Gasteiger partial charge in [0.15, 0.2) is 0 Å². The van der Waals surface area contributed by atoms with Gasteiger partial charge < -0.3 is 9.84 Å². The second-order valence-corrected chi connectivity index (χ2v) is 6.09. The minimum Gasteiger partial charge on any atom is -0.385 e. The molecule has 1 aromatic heterocycles. The highest BCUT2D eigenvalue weighted by molar-refractivity contribution is 9.10. The molecule has 2 unspecified atom stereocenters. The summed E-state index contributed by atoms with van der Waals surface area (Å²) in [5.41, 5.74) is 0. The number of hydrogen-bond donors (Lipinski definition) is 1. The molecule has 3 nitrogen and oxygen atoms in total. The number of aliphatic hydroxyl groups is 1. The van der Waals surface area contributed by atoms with Crippen LogP contribution in [0, 0.1) is 0 Å². The largest absolute Gasteiger partial charge is 0.385 e. The maximum absolute atomic E-state index is 10.3. The van der Waals surface area contributed by atoms with Crippen LogP contribution in [0.1, 0.15) is 24.3 Å². The van der Waals surface area contributed by atoms with Gasteiger partial charge in [-0.25, -0.2) is 0 Å². The number of rotatable bonds is 4. The molecule has 2 atom stereocenters. The zero-order valence-electron chi connectivity index (χ0n) is 9.93. The molecule has 0 aliphatic carbocycles. The van der Waals surface area contributed by atoms with Crippen LogP contribution in [0.3, 0.4) is 0 Å². The Morgan fingerprint density at radius 3 is 3.18 bits per heavy atom. The minimum atomic E-state index is -0.524. The van der Waals surface area contributed by atoms with E-state index in [9.17, 15) is 5.11 Å². The van der Waals surface area contributed by atoms with Crippen molar-refractivity contribution in [3.63, 3.8) is 0 Å². The van der Waals surface area contributed by atoms with Crippen LogP contribution < -0.4 is 0 Å². The van der Waals surface area contributed by atoms with Gasteiger partial charge in [-0.2, -0.15) is 0 Å². The second-order valence-electron chi connectivity index (χ2n) is 4.29. The first-order valence-corrected chi connectivity index (χ1v) is 7.64. The summed E-state index contributed by atoms with van der Waals surface area (Å²) in [4.78, 5) is 3.33. The van der Waals surface area contributed by atoms with Crippen LogP contribution in [0.25, 0.3) is 0 Å². The van der Waals surface area contributed by atoms with E-state index in [0.717, 1.165) is 35.4 Å². The number of morpholine rings is 1. The normalized spacial score (nSPS) is 23.8. The lowest BCUT2D eigenvalue weighted by Gasteiger charge is -2.34. The first-order valence-electron chi connectivity index (χ1n) is 5.97. The van der Waals surface area contributed by atoms with Crippen LogP contribution in [0.4, 0.5) is 0 Å². The Hall–Kier alpha value is 0.0600. The van der Waals surface area contributed by atoms with Crippen molar-refractivity contribution in [2.75, 3.05) is 26.2 Å². The maximum atomic E-state index is 10.3. The monoisotopic (exact) mass is 319 g/mol. The molecule has 0 aromatic carbocycles. The van der Waals surface area contributed by atoms with E-state index in [1.165, 1.54) is 0 Å². The van der Waals surface area contributed by atoms with E-state index in [4.69, 9.17) is 4.74 Å². The fourth-order valence-electron chi connectivity index (χ4n) is 2.13. The van der Waals surface area contributed by atoms with Crippen LogP contribution in [-0.2, 0) is 4.74 Å². The van der Waals surface area contributed by atoms with Crippen molar-refractivity contribution in [2.24, 2.45) is 0 Å². The van der Waals surface area contributed by atoms with E-state index in [-0.39, 0.29) is 6.10 Å². The zero-order chi connectivity index (χ0) is 12.3. The Morgan fingerprint density at radius 1 is 1.71 bits per heavy atom. The Labute approximate surface area is 115 Å². The average molecular weight is 320 g/mol. The van der Waals surface area contributed by atoms with Crippen LogP contribution in [0.5, 0.6) is 0 Å². The fourth-order valence-corrected chi connectivity index (χ4v) is 3.77. The standard InChI is InChI=1S/C12H18BrNO2S/c1-2-4-14-5-6-16-10(8-14)11(15)12-9(13)3-7-17-12/h3,7,10-11,15H,2,4-6,8H2,1H3. The van der Waals surface area contributed by atoms with Crippen LogP contribution in [0.2, 0.25) is 0 Å². The quantitative estimate of drug-likeness (QED) is 0.926. The third kappa shape index (κ3) is 3.29. The summed E-state index contributed by atoms with van der Waals surface area (Å²) in [6.07, 6.45) is 0.514. The molecule has 0 spiro atoms. The first-order chi connectivity index (χ1) is 8.22. The van der Waals surface area contributed by atoms with Gasteiger partial charge in [0.25, 0.3) is 0 Å². The van der Waals surface area contributed by atoms with Gasteiger partial charge in [0, 0.05) is 22.4 Å². The van der Waals surface area contributed by atoms with E-state index in [2.05, 4.69) is 27.8 Å². The molecule has 0 radical (unpaired) electrons. The number of halogens is 1. The van der Waals surface area contributed by atoms with Crippen molar-refractivity contribution >= 4 is 27.3 Å². The number of nitrogens with zero attached hydrogens (tertiary/aromatic N) is 1. The number of thiophene rings is 1. The SMILES string of the molecule is CCCN1CCOC(C(O)c2sccc2Br)C1. The Bertz CT molecular complexity index is 356. The summed E-state index contributed by atoms with van der Waals surface area (Å²) in [5.74, 6) is 0. The van der Waals surface area contributed by atoms with Gasteiger partial charge in [0.05, 0.1) is 6.61 Å². The van der Waals surface area contributed by atoms with E-state index < -0.39 is 6.10 Å². The summed E-state index contributed by atoms with van der Waals surface area (Å²) < 4.78 is 6.67. The number of hydrogen-bond acceptors (Lipinski definition) is 4. The molecule has 17 heavy (non-hydrogen) atoms. The average Bonchev–Trinajstić information content (AvgIpc) is 2.75. The molecule has 96 valence electrons. The topological polar surface area (TPSA) is 32.7 Å².